The van der Waals surface area contributed by atoms with Crippen molar-refractivity contribution in [3.05, 3.63) is 29.1 Å². The molecule has 0 aliphatic heterocycles. The van der Waals surface area contributed by atoms with Crippen molar-refractivity contribution in [3.8, 4) is 0 Å². The summed E-state index contributed by atoms with van der Waals surface area (Å²) in [5.41, 5.74) is 0.646. The Hall–Kier alpha value is -1.69. The number of aryl methyl sites for hydroxylation is 1. The van der Waals surface area contributed by atoms with Gasteiger partial charge in [-0.1, -0.05) is 0 Å². The SMILES string of the molecule is CC(C)(C)NCCCCn1nc2cnccn2c1=O. The van der Waals surface area contributed by atoms with Crippen LogP contribution in [0.4, 0.5) is 0 Å². The summed E-state index contributed by atoms with van der Waals surface area (Å²) in [5, 5.41) is 7.67. The highest BCUT2D eigenvalue weighted by atomic mass is 16.2. The highest BCUT2D eigenvalue weighted by Crippen LogP contribution is 2.00. The van der Waals surface area contributed by atoms with Gasteiger partial charge in [0.25, 0.3) is 0 Å². The molecular weight excluding hydrogens is 242 g/mol. The molecule has 0 aliphatic rings. The first kappa shape index (κ1) is 13.7. The third-order valence-electron chi connectivity index (χ3n) is 2.84. The van der Waals surface area contributed by atoms with Gasteiger partial charge in [0.1, 0.15) is 0 Å². The highest BCUT2D eigenvalue weighted by molar-refractivity contribution is 5.31. The fourth-order valence-corrected chi connectivity index (χ4v) is 1.88. The average Bonchev–Trinajstić information content (AvgIpc) is 2.65. The second kappa shape index (κ2) is 5.52. The van der Waals surface area contributed by atoms with Gasteiger partial charge in [-0.25, -0.2) is 13.9 Å². The lowest BCUT2D eigenvalue weighted by Crippen LogP contribution is -2.36. The number of nitrogens with one attached hydrogen (secondary N) is 1. The van der Waals surface area contributed by atoms with E-state index >= 15 is 0 Å². The van der Waals surface area contributed by atoms with Crippen LogP contribution in [0.25, 0.3) is 5.65 Å². The zero-order valence-corrected chi connectivity index (χ0v) is 11.8. The quantitative estimate of drug-likeness (QED) is 0.819. The summed E-state index contributed by atoms with van der Waals surface area (Å²) in [6, 6.07) is 0. The third kappa shape index (κ3) is 3.64. The number of rotatable bonds is 5. The standard InChI is InChI=1S/C13H21N5O/c1-13(2,3)15-6-4-5-8-18-12(19)17-9-7-14-10-11(17)16-18/h7,9-10,15H,4-6,8H2,1-3H3. The predicted molar refractivity (Wildman–Crippen MR) is 74.2 cm³/mol. The van der Waals surface area contributed by atoms with E-state index in [1.807, 2.05) is 0 Å². The molecule has 0 saturated carbocycles. The molecule has 0 aromatic carbocycles. The molecule has 2 heterocycles. The number of hydrogen-bond acceptors (Lipinski definition) is 4. The van der Waals surface area contributed by atoms with Crippen LogP contribution in [0.3, 0.4) is 0 Å². The molecule has 0 aliphatic carbocycles. The minimum absolute atomic E-state index is 0.0961. The molecule has 0 amide bonds. The van der Waals surface area contributed by atoms with Crippen molar-refractivity contribution in [3.63, 3.8) is 0 Å². The van der Waals surface area contributed by atoms with E-state index in [4.69, 9.17) is 0 Å². The second-order valence-electron chi connectivity index (χ2n) is 5.69. The van der Waals surface area contributed by atoms with Crippen LogP contribution in [-0.2, 0) is 6.54 Å². The fourth-order valence-electron chi connectivity index (χ4n) is 1.88. The van der Waals surface area contributed by atoms with E-state index in [-0.39, 0.29) is 11.2 Å². The molecule has 2 aromatic heterocycles. The molecule has 6 heteroatoms. The Morgan fingerprint density at radius 2 is 2.11 bits per heavy atom. The van der Waals surface area contributed by atoms with Crippen LogP contribution in [0, 0.1) is 0 Å². The minimum atomic E-state index is -0.0961. The summed E-state index contributed by atoms with van der Waals surface area (Å²) < 4.78 is 3.02. The maximum Gasteiger partial charge on any atom is 0.350 e. The van der Waals surface area contributed by atoms with Crippen molar-refractivity contribution in [2.24, 2.45) is 0 Å². The molecule has 6 nitrogen and oxygen atoms in total. The summed E-state index contributed by atoms with van der Waals surface area (Å²) in [6.07, 6.45) is 6.78. The van der Waals surface area contributed by atoms with Crippen LogP contribution >= 0.6 is 0 Å². The maximum atomic E-state index is 12.0. The van der Waals surface area contributed by atoms with E-state index in [9.17, 15) is 4.79 Å². The smallest absolute Gasteiger partial charge is 0.312 e. The predicted octanol–water partition coefficient (Wildman–Crippen LogP) is 1.06. The van der Waals surface area contributed by atoms with E-state index in [0.717, 1.165) is 19.4 Å². The molecule has 1 N–H and O–H groups in total. The Kier molecular flexibility index (Phi) is 3.99. The lowest BCUT2D eigenvalue weighted by molar-refractivity contribution is 0.411. The molecule has 104 valence electrons. The molecular formula is C13H21N5O. The lowest BCUT2D eigenvalue weighted by atomic mass is 10.1. The molecule has 0 bridgehead atoms. The third-order valence-corrected chi connectivity index (χ3v) is 2.84. The van der Waals surface area contributed by atoms with Gasteiger partial charge in [0, 0.05) is 24.5 Å². The zero-order valence-electron chi connectivity index (χ0n) is 11.8. The molecule has 0 fully saturated rings. The zero-order chi connectivity index (χ0) is 13.9. The first-order valence-electron chi connectivity index (χ1n) is 6.61. The molecule has 0 saturated heterocycles. The van der Waals surface area contributed by atoms with E-state index in [0.29, 0.717) is 12.2 Å². The Bertz CT molecular complexity index is 593. The Labute approximate surface area is 112 Å². The molecule has 0 atom stereocenters. The van der Waals surface area contributed by atoms with E-state index in [2.05, 4.69) is 36.2 Å². The molecule has 2 rings (SSSR count). The van der Waals surface area contributed by atoms with Gasteiger partial charge >= 0.3 is 5.69 Å². The van der Waals surface area contributed by atoms with Gasteiger partial charge in [0.15, 0.2) is 5.65 Å². The maximum absolute atomic E-state index is 12.0. The van der Waals surface area contributed by atoms with Crippen molar-refractivity contribution >= 4 is 5.65 Å². The number of unbranched alkanes of at least 4 members (excludes halogenated alkanes) is 1. The van der Waals surface area contributed by atoms with Gasteiger partial charge in [-0.3, -0.25) is 4.98 Å². The van der Waals surface area contributed by atoms with Crippen molar-refractivity contribution in [1.29, 1.82) is 0 Å². The van der Waals surface area contributed by atoms with Gasteiger partial charge in [-0.2, -0.15) is 0 Å². The fraction of sp³-hybridized carbons (Fsp3) is 0.615. The first-order chi connectivity index (χ1) is 8.97. The summed E-state index contributed by atoms with van der Waals surface area (Å²) in [4.78, 5) is 15.9. The Balaban J connectivity index is 1.89. The number of aromatic nitrogens is 4. The number of hydrogen-bond donors (Lipinski definition) is 1. The van der Waals surface area contributed by atoms with E-state index < -0.39 is 0 Å². The van der Waals surface area contributed by atoms with Crippen LogP contribution < -0.4 is 11.0 Å². The number of fused-ring (bicyclic) bond motifs is 1. The van der Waals surface area contributed by atoms with Crippen LogP contribution in [0.2, 0.25) is 0 Å². The Morgan fingerprint density at radius 3 is 2.79 bits per heavy atom. The van der Waals surface area contributed by atoms with Gasteiger partial charge in [-0.15, -0.1) is 5.10 Å². The van der Waals surface area contributed by atoms with Crippen LogP contribution in [0.1, 0.15) is 33.6 Å². The van der Waals surface area contributed by atoms with E-state index in [1.165, 1.54) is 9.08 Å². The molecule has 0 radical (unpaired) electrons. The van der Waals surface area contributed by atoms with Crippen LogP contribution in [-0.4, -0.2) is 31.2 Å². The normalized spacial score (nSPS) is 12.2. The second-order valence-corrected chi connectivity index (χ2v) is 5.69. The summed E-state index contributed by atoms with van der Waals surface area (Å²) in [7, 11) is 0. The minimum Gasteiger partial charge on any atom is -0.312 e. The van der Waals surface area contributed by atoms with E-state index in [1.54, 1.807) is 18.6 Å². The first-order valence-corrected chi connectivity index (χ1v) is 6.61. The van der Waals surface area contributed by atoms with Crippen LogP contribution in [0.15, 0.2) is 23.4 Å². The molecule has 0 unspecified atom stereocenters. The summed E-state index contributed by atoms with van der Waals surface area (Å²) in [5.74, 6) is 0. The molecule has 0 spiro atoms. The van der Waals surface area contributed by atoms with Crippen molar-refractivity contribution in [2.75, 3.05) is 6.54 Å². The highest BCUT2D eigenvalue weighted by Gasteiger charge is 2.08. The van der Waals surface area contributed by atoms with Crippen molar-refractivity contribution in [1.82, 2.24) is 24.5 Å². The average molecular weight is 263 g/mol. The van der Waals surface area contributed by atoms with Gasteiger partial charge < -0.3 is 5.32 Å². The largest absolute Gasteiger partial charge is 0.350 e. The van der Waals surface area contributed by atoms with Gasteiger partial charge in [0.05, 0.1) is 6.20 Å². The monoisotopic (exact) mass is 263 g/mol. The van der Waals surface area contributed by atoms with Crippen LogP contribution in [0.5, 0.6) is 0 Å². The lowest BCUT2D eigenvalue weighted by Gasteiger charge is -2.20. The van der Waals surface area contributed by atoms with Gasteiger partial charge in [-0.05, 0) is 40.2 Å². The molecule has 2 aromatic rings. The van der Waals surface area contributed by atoms with Crippen molar-refractivity contribution < 1.29 is 0 Å². The topological polar surface area (TPSA) is 64.2 Å². The summed E-state index contributed by atoms with van der Waals surface area (Å²) >= 11 is 0. The van der Waals surface area contributed by atoms with Gasteiger partial charge in [0.2, 0.25) is 0 Å². The Morgan fingerprint density at radius 1 is 1.32 bits per heavy atom. The molecule has 19 heavy (non-hydrogen) atoms. The summed E-state index contributed by atoms with van der Waals surface area (Å²) in [6.45, 7) is 8.03. The number of nitrogens with zero attached hydrogens (tertiary/aromatic N) is 4. The van der Waals surface area contributed by atoms with Crippen molar-refractivity contribution in [2.45, 2.75) is 45.7 Å².